The maximum Gasteiger partial charge on any atom is 0.272 e. The minimum absolute atomic E-state index is 0.0400. The third-order valence-electron chi connectivity index (χ3n) is 2.61. The molecule has 0 bridgehead atoms. The van der Waals surface area contributed by atoms with Crippen molar-refractivity contribution in [3.05, 3.63) is 18.2 Å². The molecular formula is C10H14ClN3O. The van der Waals surface area contributed by atoms with Gasteiger partial charge in [0, 0.05) is 25.5 Å². The van der Waals surface area contributed by atoms with Gasteiger partial charge in [0.15, 0.2) is 0 Å². The number of hydrogen-bond acceptors (Lipinski definition) is 2. The Hall–Kier alpha value is -1.03. The molecule has 0 aliphatic heterocycles. The van der Waals surface area contributed by atoms with Crippen LogP contribution in [0.3, 0.4) is 0 Å². The zero-order chi connectivity index (χ0) is 10.8. The van der Waals surface area contributed by atoms with Gasteiger partial charge in [0.05, 0.1) is 12.5 Å². The molecule has 0 N–H and O–H groups in total. The third kappa shape index (κ3) is 2.15. The van der Waals surface area contributed by atoms with Gasteiger partial charge in [0.1, 0.15) is 5.69 Å². The van der Waals surface area contributed by atoms with Gasteiger partial charge in [0.2, 0.25) is 0 Å². The van der Waals surface area contributed by atoms with Gasteiger partial charge in [0.25, 0.3) is 5.91 Å². The second-order valence-corrected chi connectivity index (χ2v) is 4.19. The molecule has 15 heavy (non-hydrogen) atoms. The number of alkyl halides is 1. The fourth-order valence-corrected chi connectivity index (χ4v) is 1.82. The van der Waals surface area contributed by atoms with Gasteiger partial charge in [-0.05, 0) is 12.8 Å². The molecule has 0 spiro atoms. The lowest BCUT2D eigenvalue weighted by Crippen LogP contribution is -2.35. The molecule has 2 rings (SSSR count). The summed E-state index contributed by atoms with van der Waals surface area (Å²) >= 11 is 5.70. The maximum atomic E-state index is 12.1. The Bertz CT molecular complexity index is 359. The number of hydrogen-bond donors (Lipinski definition) is 0. The van der Waals surface area contributed by atoms with Gasteiger partial charge in [-0.2, -0.15) is 0 Å². The lowest BCUT2D eigenvalue weighted by atomic mass is 10.3. The van der Waals surface area contributed by atoms with Gasteiger partial charge in [-0.25, -0.2) is 4.98 Å². The summed E-state index contributed by atoms with van der Waals surface area (Å²) in [5.74, 6) is 0.526. The highest BCUT2D eigenvalue weighted by Gasteiger charge is 2.33. The van der Waals surface area contributed by atoms with Crippen LogP contribution in [0.1, 0.15) is 23.3 Å². The van der Waals surface area contributed by atoms with E-state index in [0.717, 1.165) is 12.8 Å². The lowest BCUT2D eigenvalue weighted by molar-refractivity contribution is 0.0744. The number of carbonyl (C=O) groups is 1. The molecule has 4 nitrogen and oxygen atoms in total. The van der Waals surface area contributed by atoms with Crippen LogP contribution >= 0.6 is 11.6 Å². The van der Waals surface area contributed by atoms with Crippen molar-refractivity contribution in [2.24, 2.45) is 7.05 Å². The zero-order valence-electron chi connectivity index (χ0n) is 8.69. The summed E-state index contributed by atoms with van der Waals surface area (Å²) < 4.78 is 1.74. The summed E-state index contributed by atoms with van der Waals surface area (Å²) in [4.78, 5) is 17.9. The Morgan fingerprint density at radius 2 is 2.47 bits per heavy atom. The standard InChI is InChI=1S/C10H14ClN3O/c1-13-7-12-6-9(13)10(15)14(5-4-11)8-2-3-8/h6-8H,2-5H2,1H3. The van der Waals surface area contributed by atoms with Crippen molar-refractivity contribution in [2.75, 3.05) is 12.4 Å². The largest absolute Gasteiger partial charge is 0.333 e. The molecule has 1 aromatic heterocycles. The van der Waals surface area contributed by atoms with Crippen LogP contribution < -0.4 is 0 Å². The van der Waals surface area contributed by atoms with Crippen LogP contribution in [-0.2, 0) is 7.05 Å². The minimum Gasteiger partial charge on any atom is -0.333 e. The van der Waals surface area contributed by atoms with E-state index in [2.05, 4.69) is 4.98 Å². The van der Waals surface area contributed by atoms with E-state index in [-0.39, 0.29) is 5.91 Å². The second-order valence-electron chi connectivity index (χ2n) is 3.81. The molecule has 0 aromatic carbocycles. The topological polar surface area (TPSA) is 38.1 Å². The molecule has 1 heterocycles. The number of halogens is 1. The Labute approximate surface area is 93.8 Å². The Kier molecular flexibility index (Phi) is 2.95. The van der Waals surface area contributed by atoms with Crippen LogP contribution in [0, 0.1) is 0 Å². The van der Waals surface area contributed by atoms with Crippen molar-refractivity contribution in [3.8, 4) is 0 Å². The Morgan fingerprint density at radius 1 is 1.73 bits per heavy atom. The van der Waals surface area contributed by atoms with Crippen LogP contribution in [0.5, 0.6) is 0 Å². The zero-order valence-corrected chi connectivity index (χ0v) is 9.44. The van der Waals surface area contributed by atoms with Gasteiger partial charge in [-0.15, -0.1) is 11.6 Å². The number of carbonyl (C=O) groups excluding carboxylic acids is 1. The molecule has 1 amide bonds. The smallest absolute Gasteiger partial charge is 0.272 e. The lowest BCUT2D eigenvalue weighted by Gasteiger charge is -2.21. The van der Waals surface area contributed by atoms with Crippen molar-refractivity contribution in [1.82, 2.24) is 14.5 Å². The van der Waals surface area contributed by atoms with Crippen molar-refractivity contribution in [2.45, 2.75) is 18.9 Å². The summed E-state index contributed by atoms with van der Waals surface area (Å²) in [5.41, 5.74) is 0.631. The second kappa shape index (κ2) is 4.23. The van der Waals surface area contributed by atoms with Crippen LogP contribution in [0.25, 0.3) is 0 Å². The molecule has 1 fully saturated rings. The van der Waals surface area contributed by atoms with Crippen molar-refractivity contribution >= 4 is 17.5 Å². The first-order valence-corrected chi connectivity index (χ1v) is 5.60. The molecule has 0 unspecified atom stereocenters. The van der Waals surface area contributed by atoms with Crippen molar-refractivity contribution < 1.29 is 4.79 Å². The number of amides is 1. The number of imidazole rings is 1. The predicted molar refractivity (Wildman–Crippen MR) is 58.0 cm³/mol. The highest BCUT2D eigenvalue weighted by atomic mass is 35.5. The van der Waals surface area contributed by atoms with Crippen molar-refractivity contribution in [1.29, 1.82) is 0 Å². The van der Waals surface area contributed by atoms with Gasteiger partial charge in [-0.1, -0.05) is 0 Å². The molecule has 5 heteroatoms. The highest BCUT2D eigenvalue weighted by molar-refractivity contribution is 6.18. The molecular weight excluding hydrogens is 214 g/mol. The molecule has 1 aliphatic carbocycles. The predicted octanol–water partition coefficient (Wildman–Crippen LogP) is 1.26. The van der Waals surface area contributed by atoms with Gasteiger partial charge < -0.3 is 9.47 Å². The molecule has 0 atom stereocenters. The first-order chi connectivity index (χ1) is 7.24. The van der Waals surface area contributed by atoms with Crippen LogP contribution in [0.2, 0.25) is 0 Å². The van der Waals surface area contributed by atoms with Gasteiger partial charge >= 0.3 is 0 Å². The SMILES string of the molecule is Cn1cncc1C(=O)N(CCCl)C1CC1. The molecule has 1 saturated carbocycles. The fourth-order valence-electron chi connectivity index (χ4n) is 1.64. The summed E-state index contributed by atoms with van der Waals surface area (Å²) in [6.45, 7) is 0.621. The van der Waals surface area contributed by atoms with Crippen LogP contribution in [-0.4, -0.2) is 38.8 Å². The first kappa shape index (κ1) is 10.5. The molecule has 1 aliphatic rings. The van der Waals surface area contributed by atoms with E-state index >= 15 is 0 Å². The third-order valence-corrected chi connectivity index (χ3v) is 2.78. The van der Waals surface area contributed by atoms with E-state index in [1.54, 1.807) is 17.1 Å². The fraction of sp³-hybridized carbons (Fsp3) is 0.600. The van der Waals surface area contributed by atoms with E-state index in [4.69, 9.17) is 11.6 Å². The van der Waals surface area contributed by atoms with Crippen molar-refractivity contribution in [3.63, 3.8) is 0 Å². The quantitative estimate of drug-likeness (QED) is 0.727. The van der Waals surface area contributed by atoms with Crippen LogP contribution in [0.4, 0.5) is 0 Å². The van der Waals surface area contributed by atoms with E-state index < -0.39 is 0 Å². The molecule has 1 aromatic rings. The minimum atomic E-state index is 0.0400. The summed E-state index contributed by atoms with van der Waals surface area (Å²) in [7, 11) is 1.83. The normalized spacial score (nSPS) is 15.3. The highest BCUT2D eigenvalue weighted by Crippen LogP contribution is 2.27. The number of aromatic nitrogens is 2. The van der Waals surface area contributed by atoms with E-state index in [9.17, 15) is 4.79 Å². The molecule has 0 saturated heterocycles. The summed E-state index contributed by atoms with van der Waals surface area (Å²) in [5, 5.41) is 0. The average Bonchev–Trinajstić information content (AvgIpc) is 2.97. The van der Waals surface area contributed by atoms with Crippen LogP contribution in [0.15, 0.2) is 12.5 Å². The molecule has 82 valence electrons. The maximum absolute atomic E-state index is 12.1. The van der Waals surface area contributed by atoms with Gasteiger partial charge in [-0.3, -0.25) is 4.79 Å². The summed E-state index contributed by atoms with van der Waals surface area (Å²) in [6.07, 6.45) is 5.44. The number of aryl methyl sites for hydroxylation is 1. The van der Waals surface area contributed by atoms with E-state index in [1.165, 1.54) is 0 Å². The summed E-state index contributed by atoms with van der Waals surface area (Å²) in [6, 6.07) is 0.395. The first-order valence-electron chi connectivity index (χ1n) is 5.07. The number of nitrogens with zero attached hydrogens (tertiary/aromatic N) is 3. The van der Waals surface area contributed by atoms with E-state index in [1.807, 2.05) is 11.9 Å². The monoisotopic (exact) mass is 227 g/mol. The number of rotatable bonds is 4. The molecule has 0 radical (unpaired) electrons. The Balaban J connectivity index is 2.14. The Morgan fingerprint density at radius 3 is 2.93 bits per heavy atom. The van der Waals surface area contributed by atoms with E-state index in [0.29, 0.717) is 24.2 Å². The average molecular weight is 228 g/mol.